The van der Waals surface area contributed by atoms with Crippen LogP contribution in [0.4, 0.5) is 10.5 Å². The number of nitrogens with one attached hydrogen (secondary N) is 2. The van der Waals surface area contributed by atoms with Crippen LogP contribution in [0.3, 0.4) is 0 Å². The summed E-state index contributed by atoms with van der Waals surface area (Å²) in [5, 5.41) is 7.82. The number of aromatic nitrogens is 1. The van der Waals surface area contributed by atoms with Crippen LogP contribution < -0.4 is 10.6 Å². The van der Waals surface area contributed by atoms with Gasteiger partial charge >= 0.3 is 6.09 Å². The molecule has 7 heteroatoms. The molecule has 0 atom stereocenters. The van der Waals surface area contributed by atoms with Gasteiger partial charge in [0.2, 0.25) is 0 Å². The van der Waals surface area contributed by atoms with Crippen LogP contribution in [0.1, 0.15) is 49.7 Å². The molecule has 178 valence electrons. The topological polar surface area (TPSA) is 83.6 Å². The van der Waals surface area contributed by atoms with Gasteiger partial charge in [0.05, 0.1) is 16.9 Å². The van der Waals surface area contributed by atoms with E-state index >= 15 is 0 Å². The number of hydrogen-bond acceptors (Lipinski definition) is 5. The molecule has 1 saturated heterocycles. The summed E-state index contributed by atoms with van der Waals surface area (Å²) >= 11 is 0. The number of nitrogens with zero attached hydrogens (tertiary/aromatic N) is 2. The van der Waals surface area contributed by atoms with Crippen molar-refractivity contribution in [3.63, 3.8) is 0 Å². The normalized spacial score (nSPS) is 15.1. The zero-order chi connectivity index (χ0) is 24.1. The Morgan fingerprint density at radius 3 is 2.35 bits per heavy atom. The number of piperidine rings is 1. The standard InChI is InChI=1S/C27H32N4O3/c1-27(2,3)34-26(33)30-24-17-20-9-5-4-8-19(20)16-23(24)25(32)29-21-11-14-31(15-12-21)18-22-10-6-7-13-28-22/h4-10,13,16-17,21H,11-12,14-15,18H2,1-3H3,(H,29,32)(H,30,33). The molecule has 3 aromatic rings. The van der Waals surface area contributed by atoms with E-state index in [-0.39, 0.29) is 11.9 Å². The van der Waals surface area contributed by atoms with Crippen LogP contribution in [0, 0.1) is 0 Å². The van der Waals surface area contributed by atoms with Crippen molar-refractivity contribution in [1.82, 2.24) is 15.2 Å². The predicted molar refractivity (Wildman–Crippen MR) is 134 cm³/mol. The first-order chi connectivity index (χ1) is 16.3. The Morgan fingerprint density at radius 1 is 1.03 bits per heavy atom. The minimum absolute atomic E-state index is 0.0772. The van der Waals surface area contributed by atoms with Crippen molar-refractivity contribution in [2.24, 2.45) is 0 Å². The van der Waals surface area contributed by atoms with Gasteiger partial charge in [0, 0.05) is 31.9 Å². The molecule has 7 nitrogen and oxygen atoms in total. The predicted octanol–water partition coefficient (Wildman–Crippen LogP) is 4.98. The monoisotopic (exact) mass is 460 g/mol. The van der Waals surface area contributed by atoms with Crippen molar-refractivity contribution in [2.45, 2.75) is 51.8 Å². The second kappa shape index (κ2) is 10.2. The lowest BCUT2D eigenvalue weighted by molar-refractivity contribution is 0.0636. The summed E-state index contributed by atoms with van der Waals surface area (Å²) in [5.41, 5.74) is 1.30. The molecule has 1 aromatic heterocycles. The number of benzene rings is 2. The Bertz CT molecular complexity index is 1150. The van der Waals surface area contributed by atoms with E-state index in [1.807, 2.05) is 60.8 Å². The van der Waals surface area contributed by atoms with Gasteiger partial charge in [-0.1, -0.05) is 30.3 Å². The lowest BCUT2D eigenvalue weighted by atomic mass is 10.0. The second-order valence-corrected chi connectivity index (χ2v) is 9.72. The molecule has 2 aromatic carbocycles. The number of fused-ring (bicyclic) bond motifs is 1. The molecule has 1 fully saturated rings. The lowest BCUT2D eigenvalue weighted by Crippen LogP contribution is -2.44. The fraction of sp³-hybridized carbons (Fsp3) is 0.370. The van der Waals surface area contributed by atoms with Crippen molar-refractivity contribution in [3.05, 3.63) is 72.1 Å². The molecule has 0 bridgehead atoms. The molecule has 2 heterocycles. The number of hydrogen-bond donors (Lipinski definition) is 2. The molecule has 0 spiro atoms. The first-order valence-electron chi connectivity index (χ1n) is 11.7. The van der Waals surface area contributed by atoms with Crippen LogP contribution >= 0.6 is 0 Å². The quantitative estimate of drug-likeness (QED) is 0.561. The van der Waals surface area contributed by atoms with E-state index in [2.05, 4.69) is 20.5 Å². The molecule has 0 unspecified atom stereocenters. The van der Waals surface area contributed by atoms with Gasteiger partial charge in [-0.15, -0.1) is 0 Å². The van der Waals surface area contributed by atoms with Gasteiger partial charge in [-0.05, 0) is 68.7 Å². The third-order valence-electron chi connectivity index (χ3n) is 5.80. The molecule has 2 N–H and O–H groups in total. The molecule has 4 rings (SSSR count). The average Bonchev–Trinajstić information content (AvgIpc) is 2.79. The molecule has 1 aliphatic rings. The Labute approximate surface area is 200 Å². The molecule has 0 saturated carbocycles. The van der Waals surface area contributed by atoms with Gasteiger partial charge in [-0.2, -0.15) is 0 Å². The molecule has 34 heavy (non-hydrogen) atoms. The number of anilines is 1. The average molecular weight is 461 g/mol. The third-order valence-corrected chi connectivity index (χ3v) is 5.80. The van der Waals surface area contributed by atoms with Gasteiger partial charge in [0.1, 0.15) is 5.60 Å². The highest BCUT2D eigenvalue weighted by atomic mass is 16.6. The van der Waals surface area contributed by atoms with Crippen LogP contribution in [-0.4, -0.2) is 46.6 Å². The lowest BCUT2D eigenvalue weighted by Gasteiger charge is -2.32. The molecule has 0 radical (unpaired) electrons. The van der Waals surface area contributed by atoms with Crippen molar-refractivity contribution in [1.29, 1.82) is 0 Å². The Hall–Kier alpha value is -3.45. The van der Waals surface area contributed by atoms with Gasteiger partial charge < -0.3 is 10.1 Å². The van der Waals surface area contributed by atoms with E-state index in [0.29, 0.717) is 11.3 Å². The van der Waals surface area contributed by atoms with E-state index in [1.54, 1.807) is 20.8 Å². The Balaban J connectivity index is 1.44. The molecule has 0 aliphatic carbocycles. The summed E-state index contributed by atoms with van der Waals surface area (Å²) in [7, 11) is 0. The van der Waals surface area contributed by atoms with E-state index in [4.69, 9.17) is 4.74 Å². The third kappa shape index (κ3) is 6.32. The fourth-order valence-corrected chi connectivity index (χ4v) is 4.16. The largest absolute Gasteiger partial charge is 0.444 e. The number of rotatable bonds is 5. The zero-order valence-corrected chi connectivity index (χ0v) is 20.0. The number of pyridine rings is 1. The van der Waals surface area contributed by atoms with E-state index < -0.39 is 11.7 Å². The Kier molecular flexibility index (Phi) is 7.12. The molecule has 2 amide bonds. The highest BCUT2D eigenvalue weighted by Gasteiger charge is 2.24. The molecule has 1 aliphatic heterocycles. The maximum Gasteiger partial charge on any atom is 0.412 e. The summed E-state index contributed by atoms with van der Waals surface area (Å²) in [6.45, 7) is 8.02. The summed E-state index contributed by atoms with van der Waals surface area (Å²) in [4.78, 5) is 32.5. The number of likely N-dealkylation sites (tertiary alicyclic amines) is 1. The van der Waals surface area contributed by atoms with Crippen molar-refractivity contribution in [3.8, 4) is 0 Å². The van der Waals surface area contributed by atoms with Crippen LogP contribution in [0.25, 0.3) is 10.8 Å². The van der Waals surface area contributed by atoms with Crippen molar-refractivity contribution in [2.75, 3.05) is 18.4 Å². The SMILES string of the molecule is CC(C)(C)OC(=O)Nc1cc2ccccc2cc1C(=O)NC1CCN(Cc2ccccn2)CC1. The number of amides is 2. The van der Waals surface area contributed by atoms with Crippen LogP contribution in [0.2, 0.25) is 0 Å². The first kappa shape index (κ1) is 23.7. The summed E-state index contributed by atoms with van der Waals surface area (Å²) in [6.07, 6.45) is 2.95. The minimum Gasteiger partial charge on any atom is -0.444 e. The number of carbonyl (C=O) groups is 2. The van der Waals surface area contributed by atoms with Gasteiger partial charge in [-0.25, -0.2) is 4.79 Å². The molecular formula is C27H32N4O3. The number of ether oxygens (including phenoxy) is 1. The highest BCUT2D eigenvalue weighted by Crippen LogP contribution is 2.26. The summed E-state index contributed by atoms with van der Waals surface area (Å²) in [5.74, 6) is -0.194. The minimum atomic E-state index is -0.632. The number of carbonyl (C=O) groups excluding carboxylic acids is 2. The van der Waals surface area contributed by atoms with Crippen molar-refractivity contribution < 1.29 is 14.3 Å². The van der Waals surface area contributed by atoms with Gasteiger partial charge in [-0.3, -0.25) is 20.0 Å². The van der Waals surface area contributed by atoms with Gasteiger partial charge in [0.25, 0.3) is 5.91 Å². The Morgan fingerprint density at radius 2 is 1.71 bits per heavy atom. The maximum atomic E-state index is 13.3. The molecular weight excluding hydrogens is 428 g/mol. The summed E-state index contributed by atoms with van der Waals surface area (Å²) < 4.78 is 5.41. The van der Waals surface area contributed by atoms with E-state index in [0.717, 1.165) is 48.9 Å². The summed E-state index contributed by atoms with van der Waals surface area (Å²) in [6, 6.07) is 17.5. The smallest absolute Gasteiger partial charge is 0.412 e. The highest BCUT2D eigenvalue weighted by molar-refractivity contribution is 6.07. The van der Waals surface area contributed by atoms with Crippen molar-refractivity contribution >= 4 is 28.5 Å². The zero-order valence-electron chi connectivity index (χ0n) is 20.0. The fourth-order valence-electron chi connectivity index (χ4n) is 4.16. The van der Waals surface area contributed by atoms with Crippen LogP contribution in [0.15, 0.2) is 60.8 Å². The van der Waals surface area contributed by atoms with Gasteiger partial charge in [0.15, 0.2) is 0 Å². The second-order valence-electron chi connectivity index (χ2n) is 9.72. The maximum absolute atomic E-state index is 13.3. The van der Waals surface area contributed by atoms with Crippen LogP contribution in [0.5, 0.6) is 0 Å². The first-order valence-corrected chi connectivity index (χ1v) is 11.7. The van der Waals surface area contributed by atoms with E-state index in [9.17, 15) is 9.59 Å². The van der Waals surface area contributed by atoms with Crippen LogP contribution in [-0.2, 0) is 11.3 Å². The van der Waals surface area contributed by atoms with E-state index in [1.165, 1.54) is 0 Å².